The maximum absolute atomic E-state index is 11.3. The van der Waals surface area contributed by atoms with Gasteiger partial charge in [-0.25, -0.2) is 9.48 Å². The summed E-state index contributed by atoms with van der Waals surface area (Å²) in [5, 5.41) is 16.0. The van der Waals surface area contributed by atoms with E-state index < -0.39 is 5.97 Å². The highest BCUT2D eigenvalue weighted by Crippen LogP contribution is 2.20. The molecular formula is C10H9N3O3S. The third kappa shape index (κ3) is 2.18. The first-order valence-corrected chi connectivity index (χ1v) is 5.54. The number of aromatic carboxylic acids is 1. The number of nitrogens with one attached hydrogen (secondary N) is 1. The first-order chi connectivity index (χ1) is 8.11. The van der Waals surface area contributed by atoms with Gasteiger partial charge in [0.1, 0.15) is 9.88 Å². The molecular weight excluding hydrogens is 242 g/mol. The molecule has 2 aromatic rings. The minimum absolute atomic E-state index is 0.233. The van der Waals surface area contributed by atoms with Crippen LogP contribution in [0, 0.1) is 0 Å². The molecule has 2 heterocycles. The molecule has 0 aliphatic rings. The lowest BCUT2D eigenvalue weighted by Crippen LogP contribution is -2.18. The van der Waals surface area contributed by atoms with Crippen LogP contribution in [0.25, 0.3) is 5.00 Å². The molecule has 6 nitrogen and oxygen atoms in total. The van der Waals surface area contributed by atoms with Crippen molar-refractivity contribution in [1.82, 2.24) is 15.1 Å². The van der Waals surface area contributed by atoms with E-state index in [-0.39, 0.29) is 16.5 Å². The molecule has 0 spiro atoms. The summed E-state index contributed by atoms with van der Waals surface area (Å²) in [4.78, 5) is 22.2. The van der Waals surface area contributed by atoms with Gasteiger partial charge in [0.25, 0.3) is 5.91 Å². The van der Waals surface area contributed by atoms with Crippen molar-refractivity contribution in [3.8, 4) is 5.00 Å². The minimum Gasteiger partial charge on any atom is -0.477 e. The Kier molecular flexibility index (Phi) is 2.92. The Balaban J connectivity index is 2.30. The molecule has 17 heavy (non-hydrogen) atoms. The predicted molar refractivity (Wildman–Crippen MR) is 61.8 cm³/mol. The van der Waals surface area contributed by atoms with Gasteiger partial charge in [0, 0.05) is 13.2 Å². The Bertz CT molecular complexity index is 573. The number of rotatable bonds is 3. The summed E-state index contributed by atoms with van der Waals surface area (Å²) in [5.41, 5.74) is 0.290. The third-order valence-electron chi connectivity index (χ3n) is 2.08. The molecule has 0 radical (unpaired) electrons. The van der Waals surface area contributed by atoms with Gasteiger partial charge in [0.05, 0.1) is 0 Å². The van der Waals surface area contributed by atoms with Crippen molar-refractivity contribution in [3.63, 3.8) is 0 Å². The van der Waals surface area contributed by atoms with Crippen LogP contribution in [0.2, 0.25) is 0 Å². The number of thiophene rings is 1. The fourth-order valence-electron chi connectivity index (χ4n) is 1.26. The van der Waals surface area contributed by atoms with Crippen molar-refractivity contribution < 1.29 is 14.7 Å². The van der Waals surface area contributed by atoms with E-state index in [0.717, 1.165) is 11.3 Å². The summed E-state index contributed by atoms with van der Waals surface area (Å²) in [6.07, 6.45) is 1.61. The Morgan fingerprint density at radius 2 is 2.18 bits per heavy atom. The lowest BCUT2D eigenvalue weighted by molar-refractivity contribution is 0.0702. The third-order valence-corrected chi connectivity index (χ3v) is 3.14. The Morgan fingerprint density at radius 1 is 1.41 bits per heavy atom. The van der Waals surface area contributed by atoms with E-state index in [9.17, 15) is 9.59 Å². The summed E-state index contributed by atoms with van der Waals surface area (Å²) in [6, 6.07) is 4.72. The SMILES string of the molecule is CNC(=O)c1ccn(-c2ccc(C(=O)O)s2)n1. The van der Waals surface area contributed by atoms with Crippen LogP contribution in [0.1, 0.15) is 20.2 Å². The summed E-state index contributed by atoms with van der Waals surface area (Å²) in [5.74, 6) is -1.25. The second-order valence-corrected chi connectivity index (χ2v) is 4.23. The fourth-order valence-corrected chi connectivity index (χ4v) is 2.04. The van der Waals surface area contributed by atoms with E-state index in [2.05, 4.69) is 10.4 Å². The van der Waals surface area contributed by atoms with Crippen LogP contribution >= 0.6 is 11.3 Å². The van der Waals surface area contributed by atoms with Gasteiger partial charge < -0.3 is 10.4 Å². The molecule has 7 heteroatoms. The van der Waals surface area contributed by atoms with Crippen LogP contribution in [0.3, 0.4) is 0 Å². The number of hydrogen-bond acceptors (Lipinski definition) is 4. The van der Waals surface area contributed by atoms with Gasteiger partial charge in [-0.05, 0) is 18.2 Å². The first kappa shape index (κ1) is 11.3. The van der Waals surface area contributed by atoms with Gasteiger partial charge in [-0.3, -0.25) is 4.79 Å². The Hall–Kier alpha value is -2.15. The maximum atomic E-state index is 11.3. The average Bonchev–Trinajstić information content (AvgIpc) is 2.95. The van der Waals surface area contributed by atoms with E-state index >= 15 is 0 Å². The maximum Gasteiger partial charge on any atom is 0.345 e. The second-order valence-electron chi connectivity index (χ2n) is 3.17. The minimum atomic E-state index is -0.972. The molecule has 0 unspecified atom stereocenters. The lowest BCUT2D eigenvalue weighted by Gasteiger charge is -1.95. The average molecular weight is 251 g/mol. The molecule has 2 aromatic heterocycles. The number of carbonyl (C=O) groups is 2. The number of carboxylic acids is 1. The highest BCUT2D eigenvalue weighted by Gasteiger charge is 2.11. The van der Waals surface area contributed by atoms with Crippen LogP contribution in [-0.2, 0) is 0 Å². The molecule has 0 bridgehead atoms. The van der Waals surface area contributed by atoms with Gasteiger partial charge in [-0.1, -0.05) is 0 Å². The van der Waals surface area contributed by atoms with Crippen molar-refractivity contribution in [2.75, 3.05) is 7.05 Å². The topological polar surface area (TPSA) is 84.2 Å². The van der Waals surface area contributed by atoms with Gasteiger partial charge in [-0.15, -0.1) is 11.3 Å². The van der Waals surface area contributed by atoms with Crippen LogP contribution in [0.5, 0.6) is 0 Å². The van der Waals surface area contributed by atoms with Crippen molar-refractivity contribution in [2.24, 2.45) is 0 Å². The number of hydrogen-bond donors (Lipinski definition) is 2. The number of nitrogens with zero attached hydrogens (tertiary/aromatic N) is 2. The standard InChI is InChI=1S/C10H9N3O3S/c1-11-9(14)6-4-5-13(12-6)8-3-2-7(17-8)10(15)16/h2-5H,1H3,(H,11,14)(H,15,16). The molecule has 0 aliphatic carbocycles. The van der Waals surface area contributed by atoms with E-state index in [1.807, 2.05) is 0 Å². The van der Waals surface area contributed by atoms with Gasteiger partial charge in [0.15, 0.2) is 5.69 Å². The largest absolute Gasteiger partial charge is 0.477 e. The molecule has 0 atom stereocenters. The van der Waals surface area contributed by atoms with E-state index in [1.165, 1.54) is 17.8 Å². The number of aromatic nitrogens is 2. The number of amides is 1. The van der Waals surface area contributed by atoms with Gasteiger partial charge in [0.2, 0.25) is 0 Å². The Morgan fingerprint density at radius 3 is 2.76 bits per heavy atom. The van der Waals surface area contributed by atoms with Crippen LogP contribution in [-0.4, -0.2) is 33.8 Å². The van der Waals surface area contributed by atoms with Crippen molar-refractivity contribution in [1.29, 1.82) is 0 Å². The summed E-state index contributed by atoms with van der Waals surface area (Å²) in [7, 11) is 1.52. The highest BCUT2D eigenvalue weighted by molar-refractivity contribution is 7.16. The zero-order valence-corrected chi connectivity index (χ0v) is 9.69. The quantitative estimate of drug-likeness (QED) is 0.852. The molecule has 88 valence electrons. The monoisotopic (exact) mass is 251 g/mol. The Labute approximate surface area is 100 Å². The van der Waals surface area contributed by atoms with E-state index in [4.69, 9.17) is 5.11 Å². The molecule has 1 amide bonds. The van der Waals surface area contributed by atoms with Crippen LogP contribution in [0.4, 0.5) is 0 Å². The fraction of sp³-hybridized carbons (Fsp3) is 0.100. The summed E-state index contributed by atoms with van der Waals surface area (Å²) < 4.78 is 1.47. The zero-order chi connectivity index (χ0) is 12.4. The zero-order valence-electron chi connectivity index (χ0n) is 8.88. The van der Waals surface area contributed by atoms with E-state index in [1.54, 1.807) is 18.3 Å². The smallest absolute Gasteiger partial charge is 0.345 e. The first-order valence-electron chi connectivity index (χ1n) is 4.73. The summed E-state index contributed by atoms with van der Waals surface area (Å²) >= 11 is 1.10. The van der Waals surface area contributed by atoms with Crippen LogP contribution in [0.15, 0.2) is 24.4 Å². The molecule has 0 fully saturated rings. The van der Waals surface area contributed by atoms with Crippen molar-refractivity contribution in [3.05, 3.63) is 35.0 Å². The van der Waals surface area contributed by atoms with Crippen LogP contribution < -0.4 is 5.32 Å². The van der Waals surface area contributed by atoms with Gasteiger partial charge in [-0.2, -0.15) is 5.10 Å². The van der Waals surface area contributed by atoms with Crippen molar-refractivity contribution >= 4 is 23.2 Å². The normalized spacial score (nSPS) is 10.2. The molecule has 2 rings (SSSR count). The number of carbonyl (C=O) groups excluding carboxylic acids is 1. The predicted octanol–water partition coefficient (Wildman–Crippen LogP) is 0.992. The molecule has 2 N–H and O–H groups in total. The second kappa shape index (κ2) is 4.38. The lowest BCUT2D eigenvalue weighted by atomic mass is 10.4. The number of carboxylic acid groups (broad SMARTS) is 1. The molecule has 0 aliphatic heterocycles. The van der Waals surface area contributed by atoms with Gasteiger partial charge >= 0.3 is 5.97 Å². The molecule has 0 saturated carbocycles. The molecule has 0 aromatic carbocycles. The summed E-state index contributed by atoms with van der Waals surface area (Å²) in [6.45, 7) is 0. The van der Waals surface area contributed by atoms with E-state index in [0.29, 0.717) is 5.00 Å². The highest BCUT2D eigenvalue weighted by atomic mass is 32.1. The molecule has 0 saturated heterocycles. The van der Waals surface area contributed by atoms with Crippen molar-refractivity contribution in [2.45, 2.75) is 0 Å².